The molecule has 0 spiro atoms. The third-order valence-corrected chi connectivity index (χ3v) is 2.33. The fourth-order valence-corrected chi connectivity index (χ4v) is 1.39. The fraction of sp³-hybridized carbons (Fsp3) is 0.167. The predicted molar refractivity (Wildman–Crippen MR) is 80.8 cm³/mol. The highest BCUT2D eigenvalue weighted by Crippen LogP contribution is 2.18. The van der Waals surface area contributed by atoms with E-state index in [-0.39, 0.29) is 30.7 Å². The Labute approximate surface area is 123 Å². The summed E-state index contributed by atoms with van der Waals surface area (Å²) in [5.41, 5.74) is 7.32. The van der Waals surface area contributed by atoms with Gasteiger partial charge in [0, 0.05) is 6.07 Å². The maximum Gasteiger partial charge on any atom is 0.242 e. The summed E-state index contributed by atoms with van der Waals surface area (Å²) in [6, 6.07) is 11.0. The third-order valence-electron chi connectivity index (χ3n) is 2.33. The molecule has 7 heteroatoms. The summed E-state index contributed by atoms with van der Waals surface area (Å²) < 4.78 is 0. The van der Waals surface area contributed by atoms with Gasteiger partial charge in [0.05, 0.1) is 11.7 Å². The first-order valence-electron chi connectivity index (χ1n) is 5.34. The van der Waals surface area contributed by atoms with Crippen LogP contribution in [0.3, 0.4) is 0 Å². The Balaban J connectivity index is 0.00000162. The average Bonchev–Trinajstić information content (AvgIpc) is 2.78. The first-order valence-corrected chi connectivity index (χ1v) is 5.34. The van der Waals surface area contributed by atoms with Crippen molar-refractivity contribution in [3.63, 3.8) is 0 Å². The van der Waals surface area contributed by atoms with Gasteiger partial charge in [-0.05, 0) is 12.5 Å². The van der Waals surface area contributed by atoms with Gasteiger partial charge in [0.2, 0.25) is 5.91 Å². The molecule has 0 aliphatic rings. The van der Waals surface area contributed by atoms with Crippen molar-refractivity contribution in [1.29, 1.82) is 0 Å². The lowest BCUT2D eigenvalue weighted by atomic mass is 10.1. The Morgan fingerprint density at radius 1 is 1.32 bits per heavy atom. The number of hydrogen-bond donors (Lipinski definition) is 3. The number of hydrogen-bond acceptors (Lipinski definition) is 3. The van der Waals surface area contributed by atoms with Crippen LogP contribution < -0.4 is 11.1 Å². The van der Waals surface area contributed by atoms with E-state index in [4.69, 9.17) is 5.73 Å². The molecule has 0 aliphatic carbocycles. The van der Waals surface area contributed by atoms with E-state index in [9.17, 15) is 4.79 Å². The molecule has 2 rings (SSSR count). The summed E-state index contributed by atoms with van der Waals surface area (Å²) in [7, 11) is 0. The zero-order valence-electron chi connectivity index (χ0n) is 10.3. The third kappa shape index (κ3) is 4.55. The largest absolute Gasteiger partial charge is 0.320 e. The van der Waals surface area contributed by atoms with Gasteiger partial charge in [-0.3, -0.25) is 9.89 Å². The molecular formula is C12H16Cl2N4O. The molecule has 0 bridgehead atoms. The van der Waals surface area contributed by atoms with Crippen LogP contribution in [0.1, 0.15) is 6.92 Å². The molecule has 1 unspecified atom stereocenters. The van der Waals surface area contributed by atoms with Crippen LogP contribution in [-0.4, -0.2) is 22.1 Å². The highest BCUT2D eigenvalue weighted by molar-refractivity contribution is 5.93. The maximum atomic E-state index is 11.4. The van der Waals surface area contributed by atoms with Crippen molar-refractivity contribution in [2.75, 3.05) is 5.32 Å². The maximum absolute atomic E-state index is 11.4. The highest BCUT2D eigenvalue weighted by atomic mass is 35.5. The second-order valence-electron chi connectivity index (χ2n) is 3.81. The van der Waals surface area contributed by atoms with E-state index in [1.54, 1.807) is 13.0 Å². The number of H-pyrrole nitrogens is 1. The number of nitrogens with one attached hydrogen (secondary N) is 2. The molecule has 0 aliphatic heterocycles. The zero-order valence-corrected chi connectivity index (χ0v) is 11.9. The van der Waals surface area contributed by atoms with Crippen LogP contribution in [0.15, 0.2) is 36.4 Å². The van der Waals surface area contributed by atoms with E-state index >= 15 is 0 Å². The fourth-order valence-electron chi connectivity index (χ4n) is 1.39. The van der Waals surface area contributed by atoms with Gasteiger partial charge in [0.1, 0.15) is 0 Å². The molecule has 4 N–H and O–H groups in total. The molecule has 0 saturated carbocycles. The van der Waals surface area contributed by atoms with Crippen molar-refractivity contribution in [2.45, 2.75) is 13.0 Å². The number of nitrogens with two attached hydrogens (primary N) is 1. The smallest absolute Gasteiger partial charge is 0.242 e. The first-order chi connectivity index (χ1) is 8.16. The van der Waals surface area contributed by atoms with Gasteiger partial charge in [-0.25, -0.2) is 0 Å². The van der Waals surface area contributed by atoms with E-state index in [2.05, 4.69) is 15.5 Å². The molecule has 1 aromatic heterocycles. The molecule has 1 heterocycles. The molecule has 1 amide bonds. The second kappa shape index (κ2) is 7.78. The monoisotopic (exact) mass is 302 g/mol. The van der Waals surface area contributed by atoms with Gasteiger partial charge in [-0.2, -0.15) is 5.10 Å². The van der Waals surface area contributed by atoms with Gasteiger partial charge < -0.3 is 11.1 Å². The molecule has 0 radical (unpaired) electrons. The van der Waals surface area contributed by atoms with E-state index in [1.165, 1.54) is 0 Å². The van der Waals surface area contributed by atoms with E-state index < -0.39 is 6.04 Å². The summed E-state index contributed by atoms with van der Waals surface area (Å²) in [6.45, 7) is 1.63. The lowest BCUT2D eigenvalue weighted by Gasteiger charge is -2.03. The van der Waals surface area contributed by atoms with Crippen molar-refractivity contribution < 1.29 is 4.79 Å². The Hall–Kier alpha value is -1.56. The number of carbonyl (C=O) groups excluding carboxylic acids is 1. The zero-order chi connectivity index (χ0) is 12.3. The lowest BCUT2D eigenvalue weighted by Crippen LogP contribution is -2.32. The van der Waals surface area contributed by atoms with Crippen molar-refractivity contribution in [1.82, 2.24) is 10.2 Å². The minimum absolute atomic E-state index is 0. The van der Waals surface area contributed by atoms with Gasteiger partial charge >= 0.3 is 0 Å². The van der Waals surface area contributed by atoms with Crippen molar-refractivity contribution in [3.8, 4) is 11.3 Å². The number of nitrogens with zero attached hydrogens (tertiary/aromatic N) is 1. The second-order valence-corrected chi connectivity index (χ2v) is 3.81. The lowest BCUT2D eigenvalue weighted by molar-refractivity contribution is -0.117. The van der Waals surface area contributed by atoms with E-state index in [0.717, 1.165) is 11.3 Å². The van der Waals surface area contributed by atoms with Crippen molar-refractivity contribution >= 4 is 36.5 Å². The Kier molecular flexibility index (Phi) is 7.14. The number of aromatic amines is 1. The molecule has 2 aromatic rings. The molecular weight excluding hydrogens is 287 g/mol. The number of amides is 1. The Morgan fingerprint density at radius 3 is 2.53 bits per heavy atom. The quantitative estimate of drug-likeness (QED) is 0.813. The Morgan fingerprint density at radius 2 is 1.95 bits per heavy atom. The number of anilines is 1. The number of rotatable bonds is 3. The summed E-state index contributed by atoms with van der Waals surface area (Å²) in [5.74, 6) is 0.224. The molecule has 0 saturated heterocycles. The van der Waals surface area contributed by atoms with Gasteiger partial charge in [0.25, 0.3) is 0 Å². The van der Waals surface area contributed by atoms with Crippen LogP contribution in [0.25, 0.3) is 11.3 Å². The molecule has 104 valence electrons. The molecule has 19 heavy (non-hydrogen) atoms. The normalized spacial score (nSPS) is 10.8. The van der Waals surface area contributed by atoms with Crippen LogP contribution in [-0.2, 0) is 4.79 Å². The van der Waals surface area contributed by atoms with Crippen molar-refractivity contribution in [2.24, 2.45) is 5.73 Å². The SMILES string of the molecule is CC(N)C(=O)Nc1cc(-c2ccccc2)[nH]n1.Cl.Cl. The summed E-state index contributed by atoms with van der Waals surface area (Å²) in [6.07, 6.45) is 0. The summed E-state index contributed by atoms with van der Waals surface area (Å²) >= 11 is 0. The van der Waals surface area contributed by atoms with Crippen LogP contribution in [0.4, 0.5) is 5.82 Å². The van der Waals surface area contributed by atoms with Crippen LogP contribution in [0.5, 0.6) is 0 Å². The Bertz CT molecular complexity index is 513. The standard InChI is InChI=1S/C12H14N4O.2ClH/c1-8(13)12(17)14-11-7-10(15-16-11)9-5-3-2-4-6-9;;/h2-8H,13H2,1H3,(H2,14,15,16,17);2*1H. The number of carbonyl (C=O) groups is 1. The van der Waals surface area contributed by atoms with Crippen LogP contribution >= 0.6 is 24.8 Å². The van der Waals surface area contributed by atoms with E-state index in [1.807, 2.05) is 30.3 Å². The number of aromatic nitrogens is 2. The van der Waals surface area contributed by atoms with E-state index in [0.29, 0.717) is 5.82 Å². The van der Waals surface area contributed by atoms with Gasteiger partial charge in [-0.15, -0.1) is 24.8 Å². The van der Waals surface area contributed by atoms with Gasteiger partial charge in [-0.1, -0.05) is 30.3 Å². The van der Waals surface area contributed by atoms with Crippen LogP contribution in [0.2, 0.25) is 0 Å². The number of halogens is 2. The molecule has 5 nitrogen and oxygen atoms in total. The highest BCUT2D eigenvalue weighted by Gasteiger charge is 2.10. The topological polar surface area (TPSA) is 83.8 Å². The number of benzene rings is 1. The minimum Gasteiger partial charge on any atom is -0.320 e. The molecule has 1 atom stereocenters. The van der Waals surface area contributed by atoms with Crippen molar-refractivity contribution in [3.05, 3.63) is 36.4 Å². The molecule has 0 fully saturated rings. The van der Waals surface area contributed by atoms with Gasteiger partial charge in [0.15, 0.2) is 5.82 Å². The molecule has 1 aromatic carbocycles. The average molecular weight is 303 g/mol. The van der Waals surface area contributed by atoms with Crippen LogP contribution in [0, 0.1) is 0 Å². The first kappa shape index (κ1) is 17.4. The summed E-state index contributed by atoms with van der Waals surface area (Å²) in [5, 5.41) is 9.49. The minimum atomic E-state index is -0.549. The predicted octanol–water partition coefficient (Wildman–Crippen LogP) is 2.21. The summed E-state index contributed by atoms with van der Waals surface area (Å²) in [4.78, 5) is 11.4.